The molecule has 0 aromatic heterocycles. The van der Waals surface area contributed by atoms with E-state index in [1.54, 1.807) is 26.9 Å². The Morgan fingerprint density at radius 1 is 1.17 bits per heavy atom. The molecule has 8 heteroatoms. The van der Waals surface area contributed by atoms with Gasteiger partial charge in [-0.05, 0) is 59.3 Å². The van der Waals surface area contributed by atoms with Gasteiger partial charge in [-0.15, -0.1) is 13.2 Å². The van der Waals surface area contributed by atoms with Gasteiger partial charge in [-0.3, -0.25) is 14.4 Å². The molecule has 3 aliphatic heterocycles. The Balaban J connectivity index is 2.04. The van der Waals surface area contributed by atoms with E-state index in [2.05, 4.69) is 13.2 Å². The number of aliphatic hydroxyl groups excluding tert-OH is 1. The van der Waals surface area contributed by atoms with Crippen molar-refractivity contribution in [2.75, 3.05) is 32.8 Å². The molecule has 36 heavy (non-hydrogen) atoms. The minimum Gasteiger partial charge on any atom is -0.396 e. The number of ether oxygens (including phenoxy) is 1. The van der Waals surface area contributed by atoms with E-state index in [1.807, 2.05) is 27.7 Å². The average molecular weight is 504 g/mol. The third-order valence-corrected chi connectivity index (χ3v) is 8.22. The van der Waals surface area contributed by atoms with Crippen molar-refractivity contribution >= 4 is 17.7 Å². The van der Waals surface area contributed by atoms with Crippen LogP contribution in [0.15, 0.2) is 25.3 Å². The van der Waals surface area contributed by atoms with Gasteiger partial charge in [0.2, 0.25) is 17.7 Å². The summed E-state index contributed by atoms with van der Waals surface area (Å²) in [6.45, 7) is 17.4. The molecule has 1 spiro atoms. The molecular formula is C28H45N3O5. The SMILES string of the molecule is C=CCN(CCC)C(=O)[C@H]1[C@H]2C(=O)N(CCCCCO)C(C(=O)N(CC=C)C(C)C)C23CC[C@]1(C)O3. The van der Waals surface area contributed by atoms with E-state index in [0.717, 1.165) is 12.8 Å². The number of rotatable bonds is 14. The smallest absolute Gasteiger partial charge is 0.248 e. The van der Waals surface area contributed by atoms with Gasteiger partial charge in [0, 0.05) is 38.8 Å². The van der Waals surface area contributed by atoms with Crippen molar-refractivity contribution in [3.63, 3.8) is 0 Å². The molecule has 2 unspecified atom stereocenters. The Morgan fingerprint density at radius 2 is 1.86 bits per heavy atom. The largest absolute Gasteiger partial charge is 0.396 e. The number of hydrogen-bond acceptors (Lipinski definition) is 5. The molecule has 3 rings (SSSR count). The van der Waals surface area contributed by atoms with Gasteiger partial charge in [0.25, 0.3) is 0 Å². The van der Waals surface area contributed by atoms with Crippen LogP contribution in [0, 0.1) is 11.8 Å². The van der Waals surface area contributed by atoms with E-state index in [1.165, 1.54) is 0 Å². The maximum absolute atomic E-state index is 14.1. The molecule has 8 nitrogen and oxygen atoms in total. The van der Waals surface area contributed by atoms with Gasteiger partial charge in [0.05, 0.1) is 17.4 Å². The first-order valence-electron chi connectivity index (χ1n) is 13.6. The number of unbranched alkanes of at least 4 members (excludes halogenated alkanes) is 2. The monoisotopic (exact) mass is 503 g/mol. The van der Waals surface area contributed by atoms with Gasteiger partial charge >= 0.3 is 0 Å². The van der Waals surface area contributed by atoms with Crippen LogP contribution in [-0.2, 0) is 19.1 Å². The Kier molecular flexibility index (Phi) is 9.04. The standard InChI is InChI=1S/C28H45N3O5/c1-7-15-29(16-8-2)24(33)21-22-25(34)31(18-11-10-12-19-32)23(26(35)30(17-9-3)20(4)5)28(22)14-13-27(21,6)36-28/h7,9,20-23,32H,1,3,8,10-19H2,2,4-6H3/t21-,22+,23?,27+,28?/m1/s1. The van der Waals surface area contributed by atoms with Crippen molar-refractivity contribution < 1.29 is 24.2 Å². The third-order valence-electron chi connectivity index (χ3n) is 8.22. The van der Waals surface area contributed by atoms with Crippen molar-refractivity contribution in [2.24, 2.45) is 11.8 Å². The Hall–Kier alpha value is -2.19. The van der Waals surface area contributed by atoms with Gasteiger partial charge < -0.3 is 24.5 Å². The summed E-state index contributed by atoms with van der Waals surface area (Å²) in [6, 6.07) is -0.846. The van der Waals surface area contributed by atoms with E-state index < -0.39 is 29.1 Å². The van der Waals surface area contributed by atoms with Crippen molar-refractivity contribution in [2.45, 2.75) is 89.5 Å². The summed E-state index contributed by atoms with van der Waals surface area (Å²) in [5.74, 6) is -1.69. The first-order chi connectivity index (χ1) is 17.1. The first-order valence-corrected chi connectivity index (χ1v) is 13.6. The van der Waals surface area contributed by atoms with Crippen LogP contribution in [0.1, 0.15) is 66.2 Å². The maximum Gasteiger partial charge on any atom is 0.248 e. The fourth-order valence-electron chi connectivity index (χ4n) is 6.66. The van der Waals surface area contributed by atoms with Gasteiger partial charge in [0.1, 0.15) is 11.6 Å². The molecule has 3 heterocycles. The summed E-state index contributed by atoms with van der Waals surface area (Å²) in [4.78, 5) is 47.4. The molecule has 0 radical (unpaired) electrons. The van der Waals surface area contributed by atoms with Gasteiger partial charge in [-0.25, -0.2) is 0 Å². The van der Waals surface area contributed by atoms with Crippen molar-refractivity contribution in [3.05, 3.63) is 25.3 Å². The van der Waals surface area contributed by atoms with Gasteiger partial charge in [-0.2, -0.15) is 0 Å². The number of hydrogen-bond donors (Lipinski definition) is 1. The molecule has 3 fully saturated rings. The van der Waals surface area contributed by atoms with Gasteiger partial charge in [0.15, 0.2) is 0 Å². The lowest BCUT2D eigenvalue weighted by Gasteiger charge is -2.38. The minimum atomic E-state index is -1.01. The molecule has 0 saturated carbocycles. The Labute approximate surface area is 216 Å². The zero-order valence-corrected chi connectivity index (χ0v) is 22.6. The number of fused-ring (bicyclic) bond motifs is 1. The summed E-state index contributed by atoms with van der Waals surface area (Å²) in [7, 11) is 0. The molecule has 202 valence electrons. The Morgan fingerprint density at radius 3 is 2.44 bits per heavy atom. The molecule has 3 aliphatic rings. The van der Waals surface area contributed by atoms with E-state index in [-0.39, 0.29) is 30.4 Å². The zero-order valence-electron chi connectivity index (χ0n) is 22.6. The topological polar surface area (TPSA) is 90.4 Å². The van der Waals surface area contributed by atoms with E-state index >= 15 is 0 Å². The normalized spacial score (nSPS) is 30.6. The van der Waals surface area contributed by atoms with E-state index in [0.29, 0.717) is 51.9 Å². The molecule has 3 saturated heterocycles. The number of carbonyl (C=O) groups is 3. The first kappa shape index (κ1) is 28.4. The highest BCUT2D eigenvalue weighted by atomic mass is 16.5. The average Bonchev–Trinajstić information content (AvgIpc) is 3.40. The molecule has 3 amide bonds. The molecule has 5 atom stereocenters. The fourth-order valence-corrected chi connectivity index (χ4v) is 6.66. The summed E-state index contributed by atoms with van der Waals surface area (Å²) in [5, 5.41) is 9.20. The predicted molar refractivity (Wildman–Crippen MR) is 139 cm³/mol. The maximum atomic E-state index is 14.1. The molecule has 2 bridgehead atoms. The minimum absolute atomic E-state index is 0.0726. The lowest BCUT2D eigenvalue weighted by atomic mass is 9.66. The molecule has 0 aliphatic carbocycles. The van der Waals surface area contributed by atoms with Crippen LogP contribution in [0.5, 0.6) is 0 Å². The van der Waals surface area contributed by atoms with Crippen LogP contribution >= 0.6 is 0 Å². The summed E-state index contributed by atoms with van der Waals surface area (Å²) in [5.41, 5.74) is -1.80. The number of nitrogens with zero attached hydrogens (tertiary/aromatic N) is 3. The highest BCUT2D eigenvalue weighted by Crippen LogP contribution is 2.63. The second kappa shape index (κ2) is 11.5. The summed E-state index contributed by atoms with van der Waals surface area (Å²) in [6.07, 6.45) is 7.50. The van der Waals surface area contributed by atoms with E-state index in [9.17, 15) is 19.5 Å². The fraction of sp³-hybridized carbons (Fsp3) is 0.750. The van der Waals surface area contributed by atoms with Crippen LogP contribution in [-0.4, -0.2) is 93.6 Å². The van der Waals surface area contributed by atoms with E-state index in [4.69, 9.17) is 4.74 Å². The van der Waals surface area contributed by atoms with Crippen LogP contribution in [0.3, 0.4) is 0 Å². The van der Waals surface area contributed by atoms with Crippen molar-refractivity contribution in [3.8, 4) is 0 Å². The molecule has 1 N–H and O–H groups in total. The molecule has 0 aromatic rings. The number of likely N-dealkylation sites (tertiary alicyclic amines) is 1. The molecule has 0 aromatic carbocycles. The predicted octanol–water partition coefficient (Wildman–Crippen LogP) is 2.76. The second-order valence-electron chi connectivity index (χ2n) is 11.0. The van der Waals surface area contributed by atoms with Crippen molar-refractivity contribution in [1.29, 1.82) is 0 Å². The number of aliphatic hydroxyl groups is 1. The zero-order chi connectivity index (χ0) is 26.7. The van der Waals surface area contributed by atoms with Crippen LogP contribution in [0.25, 0.3) is 0 Å². The van der Waals surface area contributed by atoms with Crippen molar-refractivity contribution in [1.82, 2.24) is 14.7 Å². The lowest BCUT2D eigenvalue weighted by Crippen LogP contribution is -2.57. The summed E-state index contributed by atoms with van der Waals surface area (Å²) < 4.78 is 6.73. The highest BCUT2D eigenvalue weighted by Gasteiger charge is 2.78. The Bertz CT molecular complexity index is 860. The highest BCUT2D eigenvalue weighted by molar-refractivity contribution is 5.99. The summed E-state index contributed by atoms with van der Waals surface area (Å²) >= 11 is 0. The number of amides is 3. The molecular weight excluding hydrogens is 458 g/mol. The van der Waals surface area contributed by atoms with Crippen LogP contribution in [0.2, 0.25) is 0 Å². The van der Waals surface area contributed by atoms with Crippen LogP contribution < -0.4 is 0 Å². The lowest BCUT2D eigenvalue weighted by molar-refractivity contribution is -0.154. The quantitative estimate of drug-likeness (QED) is 0.291. The third kappa shape index (κ3) is 4.74. The second-order valence-corrected chi connectivity index (χ2v) is 11.0. The van der Waals surface area contributed by atoms with Crippen LogP contribution in [0.4, 0.5) is 0 Å². The van der Waals surface area contributed by atoms with Gasteiger partial charge in [-0.1, -0.05) is 19.1 Å². The number of carbonyl (C=O) groups excluding carboxylic acids is 3.